The molecule has 3 N–H and O–H groups in total. The van der Waals surface area contributed by atoms with Crippen LogP contribution in [0.15, 0.2) is 30.3 Å². The van der Waals surface area contributed by atoms with E-state index in [9.17, 15) is 14.4 Å². The molecule has 2 atom stereocenters. The van der Waals surface area contributed by atoms with Crippen LogP contribution in [0.5, 0.6) is 0 Å². The van der Waals surface area contributed by atoms with E-state index in [1.807, 2.05) is 30.3 Å². The van der Waals surface area contributed by atoms with Gasteiger partial charge in [0.2, 0.25) is 17.7 Å². The third kappa shape index (κ3) is 5.73. The van der Waals surface area contributed by atoms with E-state index in [1.165, 1.54) is 0 Å². The summed E-state index contributed by atoms with van der Waals surface area (Å²) < 4.78 is 0. The van der Waals surface area contributed by atoms with Crippen molar-refractivity contribution in [1.29, 1.82) is 0 Å². The topological polar surface area (TPSA) is 87.3 Å². The molecule has 0 saturated carbocycles. The predicted molar refractivity (Wildman–Crippen MR) is 86.5 cm³/mol. The van der Waals surface area contributed by atoms with Crippen molar-refractivity contribution in [2.24, 2.45) is 0 Å². The van der Waals surface area contributed by atoms with Gasteiger partial charge in [-0.25, -0.2) is 0 Å². The quantitative estimate of drug-likeness (QED) is 0.740. The summed E-state index contributed by atoms with van der Waals surface area (Å²) in [5.41, 5.74) is 0.901. The van der Waals surface area contributed by atoms with Crippen molar-refractivity contribution in [1.82, 2.24) is 16.0 Å². The maximum absolute atomic E-state index is 12.2. The maximum atomic E-state index is 12.2. The van der Waals surface area contributed by atoms with Crippen LogP contribution in [0.2, 0.25) is 0 Å². The molecule has 6 heteroatoms. The summed E-state index contributed by atoms with van der Waals surface area (Å²) in [5.74, 6) is -0.503. The molecule has 1 aromatic carbocycles. The van der Waals surface area contributed by atoms with Crippen LogP contribution in [0.1, 0.15) is 31.7 Å². The number of hydrogen-bond donors (Lipinski definition) is 3. The van der Waals surface area contributed by atoms with Crippen molar-refractivity contribution in [2.45, 2.75) is 44.7 Å². The largest absolute Gasteiger partial charge is 0.356 e. The first-order valence-electron chi connectivity index (χ1n) is 7.95. The molecule has 1 fully saturated rings. The van der Waals surface area contributed by atoms with E-state index in [0.29, 0.717) is 6.54 Å². The van der Waals surface area contributed by atoms with E-state index in [0.717, 1.165) is 18.4 Å². The fraction of sp³-hybridized carbons (Fsp3) is 0.471. The van der Waals surface area contributed by atoms with Crippen molar-refractivity contribution >= 4 is 17.7 Å². The SMILES string of the molecule is C[C@H](NC(=O)Cc1ccccc1)C(=O)NC1CCCNC(=O)C1. The molecule has 2 rings (SSSR count). The molecular weight excluding hydrogens is 294 g/mol. The number of amides is 3. The highest BCUT2D eigenvalue weighted by molar-refractivity contribution is 5.88. The Morgan fingerprint density at radius 3 is 2.78 bits per heavy atom. The highest BCUT2D eigenvalue weighted by atomic mass is 16.2. The number of rotatable bonds is 5. The second-order valence-electron chi connectivity index (χ2n) is 5.85. The Balaban J connectivity index is 1.79. The highest BCUT2D eigenvalue weighted by Gasteiger charge is 2.22. The fourth-order valence-electron chi connectivity index (χ4n) is 2.56. The molecule has 3 amide bonds. The summed E-state index contributed by atoms with van der Waals surface area (Å²) in [6.45, 7) is 2.30. The fourth-order valence-corrected chi connectivity index (χ4v) is 2.56. The summed E-state index contributed by atoms with van der Waals surface area (Å²) >= 11 is 0. The third-order valence-corrected chi connectivity index (χ3v) is 3.81. The minimum atomic E-state index is -0.627. The first-order chi connectivity index (χ1) is 11.0. The molecule has 1 saturated heterocycles. The van der Waals surface area contributed by atoms with Crippen LogP contribution in [-0.4, -0.2) is 36.3 Å². The van der Waals surface area contributed by atoms with Gasteiger partial charge in [-0.15, -0.1) is 0 Å². The van der Waals surface area contributed by atoms with E-state index in [2.05, 4.69) is 16.0 Å². The zero-order chi connectivity index (χ0) is 16.7. The Hall–Kier alpha value is -2.37. The Kier molecular flexibility index (Phi) is 6.14. The summed E-state index contributed by atoms with van der Waals surface area (Å²) in [6.07, 6.45) is 2.13. The van der Waals surface area contributed by atoms with Gasteiger partial charge in [0.25, 0.3) is 0 Å². The highest BCUT2D eigenvalue weighted by Crippen LogP contribution is 2.06. The van der Waals surface area contributed by atoms with Gasteiger partial charge in [0, 0.05) is 19.0 Å². The lowest BCUT2D eigenvalue weighted by Crippen LogP contribution is -2.48. The van der Waals surface area contributed by atoms with Crippen molar-refractivity contribution in [3.63, 3.8) is 0 Å². The van der Waals surface area contributed by atoms with Gasteiger partial charge in [0.15, 0.2) is 0 Å². The minimum absolute atomic E-state index is 0.0476. The van der Waals surface area contributed by atoms with Crippen LogP contribution in [-0.2, 0) is 20.8 Å². The van der Waals surface area contributed by atoms with Crippen LogP contribution in [0.4, 0.5) is 0 Å². The standard InChI is InChI=1S/C17H23N3O3/c1-12(19-16(22)10-13-6-3-2-4-7-13)17(23)20-14-8-5-9-18-15(21)11-14/h2-4,6-7,12,14H,5,8-11H2,1H3,(H,18,21)(H,19,22)(H,20,23)/t12-,14?/m0/s1. The van der Waals surface area contributed by atoms with Gasteiger partial charge in [-0.1, -0.05) is 30.3 Å². The van der Waals surface area contributed by atoms with E-state index in [1.54, 1.807) is 6.92 Å². The molecular formula is C17H23N3O3. The first kappa shape index (κ1) is 17.0. The molecule has 1 aliphatic rings. The van der Waals surface area contributed by atoms with Crippen LogP contribution in [0.3, 0.4) is 0 Å². The van der Waals surface area contributed by atoms with Crippen LogP contribution in [0.25, 0.3) is 0 Å². The molecule has 124 valence electrons. The Morgan fingerprint density at radius 2 is 2.04 bits per heavy atom. The van der Waals surface area contributed by atoms with Crippen molar-refractivity contribution in [2.75, 3.05) is 6.54 Å². The molecule has 0 spiro atoms. The molecule has 0 aliphatic carbocycles. The molecule has 23 heavy (non-hydrogen) atoms. The van der Waals surface area contributed by atoms with Crippen LogP contribution in [0, 0.1) is 0 Å². The molecule has 0 bridgehead atoms. The lowest BCUT2D eigenvalue weighted by Gasteiger charge is -2.19. The average Bonchev–Trinajstić information content (AvgIpc) is 2.72. The van der Waals surface area contributed by atoms with Crippen molar-refractivity contribution in [3.8, 4) is 0 Å². The van der Waals surface area contributed by atoms with E-state index in [4.69, 9.17) is 0 Å². The van der Waals surface area contributed by atoms with Gasteiger partial charge < -0.3 is 16.0 Å². The molecule has 1 unspecified atom stereocenters. The number of carbonyl (C=O) groups excluding carboxylic acids is 3. The van der Waals surface area contributed by atoms with Gasteiger partial charge in [0.1, 0.15) is 6.04 Å². The van der Waals surface area contributed by atoms with Gasteiger partial charge >= 0.3 is 0 Å². The second-order valence-corrected chi connectivity index (χ2v) is 5.85. The lowest BCUT2D eigenvalue weighted by molar-refractivity contribution is -0.129. The molecule has 1 aromatic rings. The zero-order valence-corrected chi connectivity index (χ0v) is 13.3. The van der Waals surface area contributed by atoms with Gasteiger partial charge in [0.05, 0.1) is 6.42 Å². The monoisotopic (exact) mass is 317 g/mol. The van der Waals surface area contributed by atoms with Crippen molar-refractivity contribution < 1.29 is 14.4 Å². The summed E-state index contributed by atoms with van der Waals surface area (Å²) in [4.78, 5) is 35.6. The number of nitrogens with one attached hydrogen (secondary N) is 3. The van der Waals surface area contributed by atoms with Crippen molar-refractivity contribution in [3.05, 3.63) is 35.9 Å². The summed E-state index contributed by atoms with van der Waals surface area (Å²) in [7, 11) is 0. The molecule has 1 heterocycles. The average molecular weight is 317 g/mol. The smallest absolute Gasteiger partial charge is 0.242 e. The summed E-state index contributed by atoms with van der Waals surface area (Å²) in [5, 5.41) is 8.31. The Labute approximate surface area is 136 Å². The second kappa shape index (κ2) is 8.31. The number of benzene rings is 1. The van der Waals surface area contributed by atoms with E-state index in [-0.39, 0.29) is 36.6 Å². The van der Waals surface area contributed by atoms with Gasteiger partial charge in [-0.2, -0.15) is 0 Å². The van der Waals surface area contributed by atoms with E-state index < -0.39 is 6.04 Å². The molecule has 0 radical (unpaired) electrons. The maximum Gasteiger partial charge on any atom is 0.242 e. The Bertz CT molecular complexity index is 559. The Morgan fingerprint density at radius 1 is 1.30 bits per heavy atom. The predicted octanol–water partition coefficient (Wildman–Crippen LogP) is 0.519. The van der Waals surface area contributed by atoms with Crippen LogP contribution >= 0.6 is 0 Å². The number of hydrogen-bond acceptors (Lipinski definition) is 3. The first-order valence-corrected chi connectivity index (χ1v) is 7.95. The van der Waals surface area contributed by atoms with Gasteiger partial charge in [-0.3, -0.25) is 14.4 Å². The van der Waals surface area contributed by atoms with E-state index >= 15 is 0 Å². The summed E-state index contributed by atoms with van der Waals surface area (Å²) in [6, 6.07) is 8.57. The van der Waals surface area contributed by atoms with Gasteiger partial charge in [-0.05, 0) is 25.3 Å². The zero-order valence-electron chi connectivity index (χ0n) is 13.3. The molecule has 0 aromatic heterocycles. The lowest BCUT2D eigenvalue weighted by atomic mass is 10.1. The normalized spacial score (nSPS) is 19.2. The molecule has 6 nitrogen and oxygen atoms in total. The number of carbonyl (C=O) groups is 3. The third-order valence-electron chi connectivity index (χ3n) is 3.81. The molecule has 1 aliphatic heterocycles. The van der Waals surface area contributed by atoms with Crippen LogP contribution < -0.4 is 16.0 Å². The minimum Gasteiger partial charge on any atom is -0.356 e.